The Labute approximate surface area is 98.5 Å². The Hall–Kier alpha value is -1.81. The average Bonchev–Trinajstić information content (AvgIpc) is 2.28. The summed E-state index contributed by atoms with van der Waals surface area (Å²) in [6.07, 6.45) is 1.37. The van der Waals surface area contributed by atoms with Crippen molar-refractivity contribution in [3.8, 4) is 0 Å². The number of aryl methyl sites for hydroxylation is 1. The summed E-state index contributed by atoms with van der Waals surface area (Å²) in [6.45, 7) is 2.03. The van der Waals surface area contributed by atoms with Crippen LogP contribution in [0.2, 0.25) is 5.02 Å². The second kappa shape index (κ2) is 4.37. The summed E-state index contributed by atoms with van der Waals surface area (Å²) < 4.78 is 0. The van der Waals surface area contributed by atoms with E-state index in [2.05, 4.69) is 15.3 Å². The Balaban J connectivity index is 2.27. The van der Waals surface area contributed by atoms with E-state index in [9.17, 15) is 0 Å². The quantitative estimate of drug-likeness (QED) is 0.839. The van der Waals surface area contributed by atoms with Gasteiger partial charge >= 0.3 is 0 Å². The maximum atomic E-state index is 5.96. The molecule has 0 radical (unpaired) electrons. The lowest BCUT2D eigenvalue weighted by molar-refractivity contribution is 1.18. The van der Waals surface area contributed by atoms with Crippen LogP contribution in [0, 0.1) is 6.92 Å². The number of rotatable bonds is 2. The smallest absolute Gasteiger partial charge is 0.154 e. The van der Waals surface area contributed by atoms with Crippen LogP contribution in [0.1, 0.15) is 5.56 Å². The number of anilines is 3. The van der Waals surface area contributed by atoms with Crippen LogP contribution in [0.15, 0.2) is 30.6 Å². The minimum atomic E-state index is 0.270. The lowest BCUT2D eigenvalue weighted by atomic mass is 10.2. The molecule has 2 rings (SSSR count). The van der Waals surface area contributed by atoms with Crippen molar-refractivity contribution in [2.45, 2.75) is 6.92 Å². The number of nitrogens with one attached hydrogen (secondary N) is 1. The largest absolute Gasteiger partial charge is 0.382 e. The molecule has 0 atom stereocenters. The van der Waals surface area contributed by atoms with Gasteiger partial charge in [-0.2, -0.15) is 0 Å². The number of hydrogen-bond donors (Lipinski definition) is 2. The molecule has 3 N–H and O–H groups in total. The summed E-state index contributed by atoms with van der Waals surface area (Å²) in [5.74, 6) is 0.782. The second-order valence-corrected chi connectivity index (χ2v) is 3.79. The predicted molar refractivity (Wildman–Crippen MR) is 65.9 cm³/mol. The van der Waals surface area contributed by atoms with E-state index in [1.165, 1.54) is 11.9 Å². The zero-order chi connectivity index (χ0) is 11.5. The topological polar surface area (TPSA) is 63.8 Å². The molecule has 4 nitrogen and oxygen atoms in total. The maximum absolute atomic E-state index is 5.96. The highest BCUT2D eigenvalue weighted by atomic mass is 35.5. The first kappa shape index (κ1) is 10.7. The molecule has 0 bridgehead atoms. The first-order chi connectivity index (χ1) is 7.66. The second-order valence-electron chi connectivity index (χ2n) is 3.41. The zero-order valence-corrected chi connectivity index (χ0v) is 9.49. The summed E-state index contributed by atoms with van der Waals surface area (Å²) in [5.41, 5.74) is 7.68. The third kappa shape index (κ3) is 2.23. The van der Waals surface area contributed by atoms with Gasteiger partial charge in [-0.15, -0.1) is 0 Å². The number of nitrogens with zero attached hydrogens (tertiary/aromatic N) is 2. The van der Waals surface area contributed by atoms with Crippen LogP contribution < -0.4 is 11.1 Å². The molecule has 5 heteroatoms. The number of aromatic nitrogens is 2. The van der Waals surface area contributed by atoms with E-state index in [1.807, 2.05) is 31.2 Å². The monoisotopic (exact) mass is 234 g/mol. The van der Waals surface area contributed by atoms with Crippen molar-refractivity contribution in [2.24, 2.45) is 0 Å². The van der Waals surface area contributed by atoms with Gasteiger partial charge in [-0.3, -0.25) is 0 Å². The summed E-state index contributed by atoms with van der Waals surface area (Å²) in [7, 11) is 0. The maximum Gasteiger partial charge on any atom is 0.154 e. The van der Waals surface area contributed by atoms with Crippen LogP contribution in [0.25, 0.3) is 0 Å². The van der Waals surface area contributed by atoms with E-state index in [0.717, 1.165) is 5.69 Å². The van der Waals surface area contributed by atoms with Crippen molar-refractivity contribution in [3.05, 3.63) is 41.2 Å². The van der Waals surface area contributed by atoms with Gasteiger partial charge in [0.15, 0.2) is 5.82 Å². The number of nitrogens with two attached hydrogens (primary N) is 1. The zero-order valence-electron chi connectivity index (χ0n) is 8.74. The molecule has 0 saturated carbocycles. The Bertz CT molecular complexity index is 496. The van der Waals surface area contributed by atoms with Gasteiger partial charge in [0.25, 0.3) is 0 Å². The van der Waals surface area contributed by atoms with Crippen molar-refractivity contribution in [2.75, 3.05) is 11.1 Å². The minimum Gasteiger partial charge on any atom is -0.382 e. The molecule has 0 spiro atoms. The lowest BCUT2D eigenvalue weighted by Crippen LogP contribution is -1.99. The van der Waals surface area contributed by atoms with Gasteiger partial charge in [0.1, 0.15) is 17.2 Å². The Kier molecular flexibility index (Phi) is 2.92. The summed E-state index contributed by atoms with van der Waals surface area (Å²) in [6, 6.07) is 7.90. The SMILES string of the molecule is Cc1ccc(Nc2ncnc(N)c2Cl)cc1. The number of halogens is 1. The fraction of sp³-hybridized carbons (Fsp3) is 0.0909. The molecule has 82 valence electrons. The molecule has 0 aliphatic rings. The van der Waals surface area contributed by atoms with Crippen molar-refractivity contribution in [1.29, 1.82) is 0 Å². The van der Waals surface area contributed by atoms with Gasteiger partial charge in [0.2, 0.25) is 0 Å². The van der Waals surface area contributed by atoms with Crippen LogP contribution >= 0.6 is 11.6 Å². The van der Waals surface area contributed by atoms with Gasteiger partial charge in [-0.25, -0.2) is 9.97 Å². The molecule has 0 aliphatic carbocycles. The van der Waals surface area contributed by atoms with Crippen molar-refractivity contribution >= 4 is 28.9 Å². The lowest BCUT2D eigenvalue weighted by Gasteiger charge is -2.07. The van der Waals surface area contributed by atoms with E-state index in [1.54, 1.807) is 0 Å². The molecule has 1 heterocycles. The van der Waals surface area contributed by atoms with Gasteiger partial charge < -0.3 is 11.1 Å². The van der Waals surface area contributed by atoms with E-state index >= 15 is 0 Å². The fourth-order valence-corrected chi connectivity index (χ4v) is 1.39. The molecule has 0 amide bonds. The predicted octanol–water partition coefficient (Wildman–Crippen LogP) is 2.76. The van der Waals surface area contributed by atoms with Crippen molar-refractivity contribution < 1.29 is 0 Å². The molecule has 1 aromatic heterocycles. The van der Waals surface area contributed by atoms with E-state index < -0.39 is 0 Å². The molecule has 1 aromatic carbocycles. The van der Waals surface area contributed by atoms with Crippen molar-refractivity contribution in [1.82, 2.24) is 9.97 Å². The van der Waals surface area contributed by atoms with E-state index in [-0.39, 0.29) is 5.82 Å². The first-order valence-electron chi connectivity index (χ1n) is 4.76. The van der Waals surface area contributed by atoms with Crippen LogP contribution in [-0.4, -0.2) is 9.97 Å². The van der Waals surface area contributed by atoms with Gasteiger partial charge in [0, 0.05) is 5.69 Å². The van der Waals surface area contributed by atoms with E-state index in [4.69, 9.17) is 17.3 Å². The summed E-state index contributed by atoms with van der Waals surface area (Å²) >= 11 is 5.96. The van der Waals surface area contributed by atoms with Gasteiger partial charge in [-0.1, -0.05) is 29.3 Å². The summed E-state index contributed by atoms with van der Waals surface area (Å²) in [4.78, 5) is 7.81. The van der Waals surface area contributed by atoms with Crippen LogP contribution in [0.4, 0.5) is 17.3 Å². The molecule has 0 fully saturated rings. The molecule has 2 aromatic rings. The molecule has 16 heavy (non-hydrogen) atoms. The Morgan fingerprint density at radius 3 is 2.56 bits per heavy atom. The van der Waals surface area contributed by atoms with Gasteiger partial charge in [-0.05, 0) is 19.1 Å². The van der Waals surface area contributed by atoms with Gasteiger partial charge in [0.05, 0.1) is 0 Å². The third-order valence-corrected chi connectivity index (χ3v) is 2.50. The highest BCUT2D eigenvalue weighted by Gasteiger charge is 2.05. The minimum absolute atomic E-state index is 0.270. The fourth-order valence-electron chi connectivity index (χ4n) is 1.24. The van der Waals surface area contributed by atoms with Crippen molar-refractivity contribution in [3.63, 3.8) is 0 Å². The highest BCUT2D eigenvalue weighted by Crippen LogP contribution is 2.26. The normalized spacial score (nSPS) is 10.1. The first-order valence-corrected chi connectivity index (χ1v) is 5.14. The Morgan fingerprint density at radius 1 is 1.19 bits per heavy atom. The van der Waals surface area contributed by atoms with Crippen LogP contribution in [0.3, 0.4) is 0 Å². The summed E-state index contributed by atoms with van der Waals surface area (Å²) in [5, 5.41) is 3.41. The van der Waals surface area contributed by atoms with Crippen LogP contribution in [-0.2, 0) is 0 Å². The highest BCUT2D eigenvalue weighted by molar-refractivity contribution is 6.35. The molecule has 0 saturated heterocycles. The number of benzene rings is 1. The number of hydrogen-bond acceptors (Lipinski definition) is 4. The van der Waals surface area contributed by atoms with Crippen LogP contribution in [0.5, 0.6) is 0 Å². The molecule has 0 aliphatic heterocycles. The molecular formula is C11H11ClN4. The number of nitrogen functional groups attached to an aromatic ring is 1. The Morgan fingerprint density at radius 2 is 1.88 bits per heavy atom. The third-order valence-electron chi connectivity index (χ3n) is 2.13. The van der Waals surface area contributed by atoms with E-state index in [0.29, 0.717) is 10.8 Å². The standard InChI is InChI=1S/C11H11ClN4/c1-7-2-4-8(5-3-7)16-11-9(12)10(13)14-6-15-11/h2-6H,1H3,(H3,13,14,15,16). The molecule has 0 unspecified atom stereocenters. The average molecular weight is 235 g/mol. The molecular weight excluding hydrogens is 224 g/mol.